The van der Waals surface area contributed by atoms with Crippen molar-refractivity contribution in [2.24, 2.45) is 0 Å². The summed E-state index contributed by atoms with van der Waals surface area (Å²) in [6.07, 6.45) is 0.595. The van der Waals surface area contributed by atoms with Crippen LogP contribution in [0.2, 0.25) is 0 Å². The summed E-state index contributed by atoms with van der Waals surface area (Å²) in [6, 6.07) is -0.291. The lowest BCUT2D eigenvalue weighted by atomic mass is 9.95. The highest BCUT2D eigenvalue weighted by molar-refractivity contribution is 7.91. The van der Waals surface area contributed by atoms with Gasteiger partial charge in [-0.05, 0) is 32.6 Å². The van der Waals surface area contributed by atoms with Crippen LogP contribution in [0, 0.1) is 0 Å². The van der Waals surface area contributed by atoms with Crippen LogP contribution in [-0.4, -0.2) is 51.1 Å². The van der Waals surface area contributed by atoms with E-state index in [1.54, 1.807) is 0 Å². The van der Waals surface area contributed by atoms with E-state index >= 15 is 0 Å². The predicted molar refractivity (Wildman–Crippen MR) is 81.7 cm³/mol. The second kappa shape index (κ2) is 7.60. The van der Waals surface area contributed by atoms with Gasteiger partial charge in [0.05, 0.1) is 5.25 Å². The van der Waals surface area contributed by atoms with E-state index in [0.29, 0.717) is 12.6 Å². The van der Waals surface area contributed by atoms with E-state index in [4.69, 9.17) is 0 Å². The molecule has 0 aliphatic heterocycles. The number of rotatable bonds is 6. The second-order valence-corrected chi connectivity index (χ2v) is 9.39. The average molecular weight is 408 g/mol. The normalized spacial score (nSPS) is 22.6. The van der Waals surface area contributed by atoms with Crippen LogP contribution in [0.3, 0.4) is 0 Å². The molecule has 1 aliphatic carbocycles. The number of hydroxylamine groups is 1. The van der Waals surface area contributed by atoms with Crippen molar-refractivity contribution >= 4 is 26.0 Å². The Bertz CT molecular complexity index is 724. The number of carbonyl (C=O) groups is 1. The van der Waals surface area contributed by atoms with Crippen molar-refractivity contribution in [2.45, 2.75) is 49.4 Å². The quantitative estimate of drug-likeness (QED) is 0.399. The molecule has 8 nitrogen and oxygen atoms in total. The Balaban J connectivity index is 2.72. The van der Waals surface area contributed by atoms with E-state index in [1.165, 1.54) is 6.92 Å². The van der Waals surface area contributed by atoms with Crippen LogP contribution in [0.25, 0.3) is 0 Å². The summed E-state index contributed by atoms with van der Waals surface area (Å²) in [5.74, 6) is -0.372. The van der Waals surface area contributed by atoms with Crippen LogP contribution in [-0.2, 0) is 29.2 Å². The van der Waals surface area contributed by atoms with Crippen molar-refractivity contribution in [3.05, 3.63) is 12.2 Å². The van der Waals surface area contributed by atoms with E-state index in [2.05, 4.69) is 16.2 Å². The molecule has 0 aromatic heterocycles. The molecule has 0 atom stereocenters. The third kappa shape index (κ3) is 5.39. The number of alkyl halides is 3. The number of nitrogens with zero attached hydrogens (tertiary/aromatic N) is 1. The first-order valence-corrected chi connectivity index (χ1v) is 10.0. The number of sulfonamides is 1. The summed E-state index contributed by atoms with van der Waals surface area (Å²) >= 11 is 0. The average Bonchev–Trinajstić information content (AvgIpc) is 2.45. The van der Waals surface area contributed by atoms with Gasteiger partial charge in [0, 0.05) is 18.7 Å². The lowest BCUT2D eigenvalue weighted by Gasteiger charge is -2.30. The molecule has 1 aliphatic rings. The maximum Gasteiger partial charge on any atom is 0.524 e. The highest BCUT2D eigenvalue weighted by Gasteiger charge is 2.50. The summed E-state index contributed by atoms with van der Waals surface area (Å²) in [7, 11) is -9.91. The summed E-state index contributed by atoms with van der Waals surface area (Å²) in [5.41, 5.74) is -5.44. The number of nitrogens with one attached hydrogen (secondary N) is 1. The number of carbonyl (C=O) groups excluding carboxylic acids is 1. The molecule has 0 aromatic carbocycles. The fraction of sp³-hybridized carbons (Fsp3) is 0.750. The van der Waals surface area contributed by atoms with Gasteiger partial charge >= 0.3 is 15.6 Å². The molecule has 1 saturated carbocycles. The first-order valence-electron chi connectivity index (χ1n) is 7.13. The van der Waals surface area contributed by atoms with Gasteiger partial charge in [-0.1, -0.05) is 11.0 Å². The second-order valence-electron chi connectivity index (χ2n) is 5.66. The van der Waals surface area contributed by atoms with Crippen LogP contribution >= 0.6 is 0 Å². The van der Waals surface area contributed by atoms with E-state index in [1.807, 2.05) is 0 Å². The van der Waals surface area contributed by atoms with E-state index in [9.17, 15) is 34.8 Å². The standard InChI is InChI=1S/C12H19F3N2O6S2/c1-8(2)11(18)16-9-4-6-10(7-5-9)24(19,20)17(3)23-25(21,22)12(13,14)15/h9-10H,1,4-7H2,2-3H3,(H,16,18). The Morgan fingerprint density at radius 1 is 1.16 bits per heavy atom. The lowest BCUT2D eigenvalue weighted by molar-refractivity contribution is -0.118. The molecule has 1 N–H and O–H groups in total. The molecule has 0 radical (unpaired) electrons. The first-order chi connectivity index (χ1) is 11.2. The molecular weight excluding hydrogens is 389 g/mol. The molecular formula is C12H19F3N2O6S2. The Morgan fingerprint density at radius 2 is 1.64 bits per heavy atom. The Morgan fingerprint density at radius 3 is 2.04 bits per heavy atom. The zero-order chi connectivity index (χ0) is 19.6. The monoisotopic (exact) mass is 408 g/mol. The Labute approximate surface area is 144 Å². The summed E-state index contributed by atoms with van der Waals surface area (Å²) < 4.78 is 86.5. The highest BCUT2D eigenvalue weighted by Crippen LogP contribution is 2.30. The predicted octanol–water partition coefficient (Wildman–Crippen LogP) is 1.03. The molecule has 146 valence electrons. The van der Waals surface area contributed by atoms with Crippen molar-refractivity contribution in [1.82, 2.24) is 9.79 Å². The van der Waals surface area contributed by atoms with Crippen LogP contribution in [0.5, 0.6) is 0 Å². The minimum atomic E-state index is -6.07. The van der Waals surface area contributed by atoms with Gasteiger partial charge in [0.2, 0.25) is 15.9 Å². The maximum atomic E-state index is 12.3. The van der Waals surface area contributed by atoms with Crippen LogP contribution in [0.4, 0.5) is 13.2 Å². The fourth-order valence-corrected chi connectivity index (χ4v) is 4.47. The molecule has 0 saturated heterocycles. The van der Waals surface area contributed by atoms with Gasteiger partial charge in [0.15, 0.2) is 0 Å². The van der Waals surface area contributed by atoms with E-state index < -0.39 is 30.9 Å². The largest absolute Gasteiger partial charge is 0.524 e. The van der Waals surface area contributed by atoms with E-state index in [0.717, 1.165) is 0 Å². The molecule has 25 heavy (non-hydrogen) atoms. The first kappa shape index (κ1) is 21.9. The van der Waals surface area contributed by atoms with Crippen molar-refractivity contribution in [2.75, 3.05) is 7.05 Å². The van der Waals surface area contributed by atoms with Crippen LogP contribution in [0.1, 0.15) is 32.6 Å². The van der Waals surface area contributed by atoms with Crippen molar-refractivity contribution in [1.29, 1.82) is 0 Å². The van der Waals surface area contributed by atoms with Crippen molar-refractivity contribution in [3.8, 4) is 0 Å². The van der Waals surface area contributed by atoms with Gasteiger partial charge in [0.25, 0.3) is 0 Å². The molecule has 1 amide bonds. The molecule has 1 fully saturated rings. The lowest BCUT2D eigenvalue weighted by Crippen LogP contribution is -2.45. The topological polar surface area (TPSA) is 110 Å². The van der Waals surface area contributed by atoms with Gasteiger partial charge in [-0.15, -0.1) is 0 Å². The summed E-state index contributed by atoms with van der Waals surface area (Å²) in [5, 5.41) is 1.54. The Kier molecular flexibility index (Phi) is 6.64. The Hall–Kier alpha value is -1.18. The maximum absolute atomic E-state index is 12.3. The fourth-order valence-electron chi connectivity index (χ4n) is 2.25. The third-order valence-electron chi connectivity index (χ3n) is 3.66. The van der Waals surface area contributed by atoms with Gasteiger partial charge in [-0.25, -0.2) is 8.42 Å². The summed E-state index contributed by atoms with van der Waals surface area (Å²) in [6.45, 7) is 4.98. The zero-order valence-corrected chi connectivity index (χ0v) is 15.2. The van der Waals surface area contributed by atoms with E-state index in [-0.39, 0.29) is 42.1 Å². The molecule has 0 aromatic rings. The third-order valence-corrected chi connectivity index (χ3v) is 6.85. The number of hydrogen-bond acceptors (Lipinski definition) is 6. The number of halogens is 3. The van der Waals surface area contributed by atoms with Gasteiger partial charge < -0.3 is 5.32 Å². The van der Waals surface area contributed by atoms with Crippen LogP contribution in [0.15, 0.2) is 12.2 Å². The number of amides is 1. The van der Waals surface area contributed by atoms with Gasteiger partial charge in [0.1, 0.15) is 0 Å². The molecule has 0 heterocycles. The smallest absolute Gasteiger partial charge is 0.350 e. The SMILES string of the molecule is C=C(C)C(=O)NC1CCC(S(=O)(=O)N(C)OS(=O)(=O)C(F)(F)F)CC1. The van der Waals surface area contributed by atoms with Crippen molar-refractivity contribution in [3.63, 3.8) is 0 Å². The zero-order valence-electron chi connectivity index (χ0n) is 13.5. The number of hydrogen-bond donors (Lipinski definition) is 1. The highest BCUT2D eigenvalue weighted by atomic mass is 32.2. The van der Waals surface area contributed by atoms with Crippen molar-refractivity contribution < 1.29 is 39.1 Å². The molecule has 0 unspecified atom stereocenters. The van der Waals surface area contributed by atoms with Gasteiger partial charge in [-0.2, -0.15) is 25.9 Å². The summed E-state index contributed by atoms with van der Waals surface area (Å²) in [4.78, 5) is 11.5. The van der Waals surface area contributed by atoms with Crippen LogP contribution < -0.4 is 5.32 Å². The minimum absolute atomic E-state index is 0.0310. The molecule has 13 heteroatoms. The molecule has 0 bridgehead atoms. The minimum Gasteiger partial charge on any atom is -0.350 e. The molecule has 1 rings (SSSR count). The molecule has 0 spiro atoms. The van der Waals surface area contributed by atoms with Gasteiger partial charge in [-0.3, -0.25) is 4.79 Å².